The number of hydrogen-bond donors (Lipinski definition) is 0. The van der Waals surface area contributed by atoms with Crippen molar-refractivity contribution in [2.75, 3.05) is 13.1 Å². The molecule has 0 aliphatic carbocycles. The van der Waals surface area contributed by atoms with E-state index in [0.717, 1.165) is 10.3 Å². The average molecular weight is 343 g/mol. The smallest absolute Gasteiger partial charge is 0.260 e. The highest BCUT2D eigenvalue weighted by molar-refractivity contribution is 9.10. The van der Waals surface area contributed by atoms with Gasteiger partial charge < -0.3 is 0 Å². The fourth-order valence-corrected chi connectivity index (χ4v) is 2.88. The number of amides is 1. The minimum Gasteiger partial charge on any atom is -0.294 e. The first-order valence-electron chi connectivity index (χ1n) is 6.89. The van der Waals surface area contributed by atoms with Gasteiger partial charge in [0.1, 0.15) is 5.84 Å². The van der Waals surface area contributed by atoms with Crippen molar-refractivity contribution in [1.29, 1.82) is 0 Å². The summed E-state index contributed by atoms with van der Waals surface area (Å²) in [6, 6.07) is 17.6. The lowest BCUT2D eigenvalue weighted by atomic mass is 10.1. The first kappa shape index (κ1) is 14.0. The van der Waals surface area contributed by atoms with E-state index < -0.39 is 0 Å². The van der Waals surface area contributed by atoms with Gasteiger partial charge in [0, 0.05) is 17.4 Å². The van der Waals surface area contributed by atoms with Crippen molar-refractivity contribution in [2.45, 2.75) is 6.42 Å². The van der Waals surface area contributed by atoms with Gasteiger partial charge in [-0.05, 0) is 33.6 Å². The number of benzene rings is 2. The van der Waals surface area contributed by atoms with Crippen LogP contribution in [0.3, 0.4) is 0 Å². The normalized spacial score (nSPS) is 14.1. The Morgan fingerprint density at radius 2 is 1.81 bits per heavy atom. The predicted molar refractivity (Wildman–Crippen MR) is 87.6 cm³/mol. The molecule has 1 amide bonds. The lowest BCUT2D eigenvalue weighted by molar-refractivity contribution is 0.0855. The summed E-state index contributed by atoms with van der Waals surface area (Å²) in [5.41, 5.74) is 1.85. The van der Waals surface area contributed by atoms with E-state index in [2.05, 4.69) is 33.1 Å². The molecule has 0 radical (unpaired) electrons. The van der Waals surface area contributed by atoms with E-state index in [1.807, 2.05) is 42.5 Å². The number of hydrogen-bond acceptors (Lipinski definition) is 2. The van der Waals surface area contributed by atoms with Crippen molar-refractivity contribution in [3.05, 3.63) is 70.2 Å². The van der Waals surface area contributed by atoms with E-state index in [9.17, 15) is 4.79 Å². The maximum absolute atomic E-state index is 12.7. The molecule has 3 rings (SSSR count). The zero-order valence-electron chi connectivity index (χ0n) is 11.5. The van der Waals surface area contributed by atoms with Crippen LogP contribution in [0.4, 0.5) is 0 Å². The summed E-state index contributed by atoms with van der Waals surface area (Å²) in [6.07, 6.45) is 0.692. The quantitative estimate of drug-likeness (QED) is 0.839. The Balaban J connectivity index is 1.81. The summed E-state index contributed by atoms with van der Waals surface area (Å²) >= 11 is 3.44. The van der Waals surface area contributed by atoms with Crippen LogP contribution in [0.1, 0.15) is 15.9 Å². The molecule has 0 spiro atoms. The minimum absolute atomic E-state index is 0.00894. The van der Waals surface area contributed by atoms with Gasteiger partial charge in [-0.25, -0.2) is 0 Å². The molecule has 3 nitrogen and oxygen atoms in total. The standard InChI is InChI=1S/C17H15BrN2O/c18-15-9-5-4-8-14(15)17(21)20-11-10-19-16(20)12-13-6-2-1-3-7-13/h1-9H,10-12H2. The molecule has 0 fully saturated rings. The van der Waals surface area contributed by atoms with E-state index in [1.165, 1.54) is 5.56 Å². The number of carbonyl (C=O) groups is 1. The lowest BCUT2D eigenvalue weighted by Crippen LogP contribution is -2.35. The molecule has 21 heavy (non-hydrogen) atoms. The van der Waals surface area contributed by atoms with Gasteiger partial charge in [0.25, 0.3) is 5.91 Å². The molecule has 0 saturated heterocycles. The minimum atomic E-state index is 0.00894. The zero-order chi connectivity index (χ0) is 14.7. The predicted octanol–water partition coefficient (Wildman–Crippen LogP) is 3.55. The summed E-state index contributed by atoms with van der Waals surface area (Å²) < 4.78 is 0.820. The molecule has 2 aromatic carbocycles. The Labute approximate surface area is 132 Å². The van der Waals surface area contributed by atoms with Crippen molar-refractivity contribution in [2.24, 2.45) is 4.99 Å². The Morgan fingerprint density at radius 3 is 2.57 bits per heavy atom. The van der Waals surface area contributed by atoms with E-state index >= 15 is 0 Å². The Hall–Kier alpha value is -1.94. The second kappa shape index (κ2) is 6.22. The number of rotatable bonds is 3. The molecule has 0 bridgehead atoms. The van der Waals surface area contributed by atoms with Gasteiger partial charge in [-0.15, -0.1) is 0 Å². The molecule has 106 valence electrons. The van der Waals surface area contributed by atoms with Gasteiger partial charge in [0.05, 0.1) is 12.1 Å². The SMILES string of the molecule is O=C(c1ccccc1Br)N1CCN=C1Cc1ccccc1. The van der Waals surface area contributed by atoms with Gasteiger partial charge in [0.15, 0.2) is 0 Å². The fraction of sp³-hybridized carbons (Fsp3) is 0.176. The van der Waals surface area contributed by atoms with Crippen molar-refractivity contribution >= 4 is 27.7 Å². The van der Waals surface area contributed by atoms with Crippen LogP contribution in [0.25, 0.3) is 0 Å². The molecule has 1 heterocycles. The molecular weight excluding hydrogens is 328 g/mol. The zero-order valence-corrected chi connectivity index (χ0v) is 13.1. The second-order valence-corrected chi connectivity index (χ2v) is 5.75. The van der Waals surface area contributed by atoms with Crippen molar-refractivity contribution in [3.8, 4) is 0 Å². The van der Waals surface area contributed by atoms with Crippen LogP contribution >= 0.6 is 15.9 Å². The monoisotopic (exact) mass is 342 g/mol. The van der Waals surface area contributed by atoms with Crippen molar-refractivity contribution < 1.29 is 4.79 Å². The summed E-state index contributed by atoms with van der Waals surface area (Å²) in [4.78, 5) is 19.0. The van der Waals surface area contributed by atoms with E-state index in [-0.39, 0.29) is 5.91 Å². The number of aliphatic imine (C=N–C) groups is 1. The van der Waals surface area contributed by atoms with Gasteiger partial charge in [-0.2, -0.15) is 0 Å². The molecular formula is C17H15BrN2O. The fourth-order valence-electron chi connectivity index (χ4n) is 2.42. The Kier molecular flexibility index (Phi) is 4.15. The largest absolute Gasteiger partial charge is 0.294 e. The summed E-state index contributed by atoms with van der Waals surface area (Å²) in [5, 5.41) is 0. The van der Waals surface area contributed by atoms with E-state index in [4.69, 9.17) is 0 Å². The van der Waals surface area contributed by atoms with Crippen LogP contribution in [0, 0.1) is 0 Å². The molecule has 0 unspecified atom stereocenters. The highest BCUT2D eigenvalue weighted by Crippen LogP contribution is 2.20. The molecule has 4 heteroatoms. The van der Waals surface area contributed by atoms with E-state index in [1.54, 1.807) is 4.90 Å². The van der Waals surface area contributed by atoms with E-state index in [0.29, 0.717) is 25.1 Å². The highest BCUT2D eigenvalue weighted by atomic mass is 79.9. The molecule has 2 aromatic rings. The van der Waals surface area contributed by atoms with Gasteiger partial charge in [0.2, 0.25) is 0 Å². The first-order valence-corrected chi connectivity index (χ1v) is 7.68. The summed E-state index contributed by atoms with van der Waals surface area (Å²) in [7, 11) is 0. The van der Waals surface area contributed by atoms with Gasteiger partial charge in [-0.1, -0.05) is 42.5 Å². The van der Waals surface area contributed by atoms with Crippen LogP contribution in [0.2, 0.25) is 0 Å². The third-order valence-corrected chi connectivity index (χ3v) is 4.18. The number of halogens is 1. The second-order valence-electron chi connectivity index (χ2n) is 4.90. The molecule has 0 N–H and O–H groups in total. The third-order valence-electron chi connectivity index (χ3n) is 3.48. The molecule has 0 aromatic heterocycles. The highest BCUT2D eigenvalue weighted by Gasteiger charge is 2.25. The maximum atomic E-state index is 12.7. The van der Waals surface area contributed by atoms with Gasteiger partial charge >= 0.3 is 0 Å². The maximum Gasteiger partial charge on any atom is 0.260 e. The summed E-state index contributed by atoms with van der Waals surface area (Å²) in [6.45, 7) is 1.33. The molecule has 1 aliphatic rings. The molecule has 0 atom stereocenters. The number of amidine groups is 1. The third kappa shape index (κ3) is 3.05. The topological polar surface area (TPSA) is 32.7 Å². The Bertz CT molecular complexity index is 682. The van der Waals surface area contributed by atoms with Crippen LogP contribution in [-0.2, 0) is 6.42 Å². The first-order chi connectivity index (χ1) is 10.3. The Morgan fingerprint density at radius 1 is 1.10 bits per heavy atom. The van der Waals surface area contributed by atoms with Crippen LogP contribution < -0.4 is 0 Å². The summed E-state index contributed by atoms with van der Waals surface area (Å²) in [5.74, 6) is 0.858. The number of nitrogens with zero attached hydrogens (tertiary/aromatic N) is 2. The van der Waals surface area contributed by atoms with Gasteiger partial charge in [-0.3, -0.25) is 14.7 Å². The van der Waals surface area contributed by atoms with Crippen molar-refractivity contribution in [1.82, 2.24) is 4.90 Å². The average Bonchev–Trinajstić information content (AvgIpc) is 2.96. The molecule has 1 aliphatic heterocycles. The van der Waals surface area contributed by atoms with Crippen LogP contribution in [-0.4, -0.2) is 29.7 Å². The van der Waals surface area contributed by atoms with Crippen LogP contribution in [0.5, 0.6) is 0 Å². The molecule has 0 saturated carbocycles. The number of carbonyl (C=O) groups excluding carboxylic acids is 1. The van der Waals surface area contributed by atoms with Crippen LogP contribution in [0.15, 0.2) is 64.1 Å². The van der Waals surface area contributed by atoms with Crippen molar-refractivity contribution in [3.63, 3.8) is 0 Å². The lowest BCUT2D eigenvalue weighted by Gasteiger charge is -2.19.